The smallest absolute Gasteiger partial charge is 0.240 e. The van der Waals surface area contributed by atoms with Crippen LogP contribution in [0.25, 0.3) is 0 Å². The monoisotopic (exact) mass is 411 g/mol. The summed E-state index contributed by atoms with van der Waals surface area (Å²) < 4.78 is 0. The van der Waals surface area contributed by atoms with Crippen molar-refractivity contribution < 1.29 is 4.79 Å². The number of carbonyl (C=O) groups is 1. The van der Waals surface area contributed by atoms with Crippen LogP contribution in [0, 0.1) is 11.8 Å². The lowest BCUT2D eigenvalue weighted by Gasteiger charge is -2.53. The number of halogens is 2. The Morgan fingerprint density at radius 3 is 2.70 bits per heavy atom. The Hall–Kier alpha value is -0.810. The first kappa shape index (κ1) is 20.9. The third-order valence-electron chi connectivity index (χ3n) is 6.96. The molecule has 0 spiro atoms. The van der Waals surface area contributed by atoms with Crippen LogP contribution in [0.3, 0.4) is 0 Å². The molecule has 4 heterocycles. The predicted octanol–water partition coefficient (Wildman–Crippen LogP) is 2.88. The van der Waals surface area contributed by atoms with Crippen molar-refractivity contribution in [1.82, 2.24) is 15.1 Å². The van der Waals surface area contributed by atoms with Crippen molar-refractivity contribution in [3.05, 3.63) is 35.4 Å². The maximum absolute atomic E-state index is 13.2. The van der Waals surface area contributed by atoms with Crippen molar-refractivity contribution in [2.45, 2.75) is 50.7 Å². The zero-order chi connectivity index (χ0) is 16.8. The van der Waals surface area contributed by atoms with Crippen LogP contribution < -0.4 is 5.32 Å². The molecule has 1 aromatic carbocycles. The highest BCUT2D eigenvalue weighted by Crippen LogP contribution is 2.37. The van der Waals surface area contributed by atoms with Gasteiger partial charge in [0.15, 0.2) is 0 Å². The molecular formula is C21H31Cl2N3O. The molecule has 0 aromatic heterocycles. The van der Waals surface area contributed by atoms with Gasteiger partial charge in [0, 0.05) is 32.2 Å². The van der Waals surface area contributed by atoms with Gasteiger partial charge in [0.1, 0.15) is 0 Å². The van der Waals surface area contributed by atoms with E-state index in [9.17, 15) is 4.79 Å². The lowest BCUT2D eigenvalue weighted by Crippen LogP contribution is -2.62. The second kappa shape index (κ2) is 8.69. The number of nitrogens with zero attached hydrogens (tertiary/aromatic N) is 2. The Bertz CT molecular complexity index is 671. The van der Waals surface area contributed by atoms with Gasteiger partial charge >= 0.3 is 0 Å². The lowest BCUT2D eigenvalue weighted by molar-refractivity contribution is -0.140. The van der Waals surface area contributed by atoms with Gasteiger partial charge in [-0.25, -0.2) is 0 Å². The fraction of sp³-hybridized carbons (Fsp3) is 0.667. The summed E-state index contributed by atoms with van der Waals surface area (Å²) in [6, 6.07) is 9.24. The molecule has 27 heavy (non-hydrogen) atoms. The quantitative estimate of drug-likeness (QED) is 0.771. The van der Waals surface area contributed by atoms with E-state index in [1.807, 2.05) is 0 Å². The first-order valence-corrected chi connectivity index (χ1v) is 10.1. The molecule has 3 saturated heterocycles. The summed E-state index contributed by atoms with van der Waals surface area (Å²) >= 11 is 0. The molecule has 0 unspecified atom stereocenters. The van der Waals surface area contributed by atoms with Gasteiger partial charge in [0.25, 0.3) is 0 Å². The Labute approximate surface area is 174 Å². The average Bonchev–Trinajstić information content (AvgIpc) is 2.67. The number of rotatable bonds is 1. The van der Waals surface area contributed by atoms with Crippen LogP contribution in [0.5, 0.6) is 0 Å². The molecule has 0 aliphatic carbocycles. The molecule has 3 fully saturated rings. The molecule has 4 atom stereocenters. The van der Waals surface area contributed by atoms with E-state index in [0.717, 1.165) is 32.1 Å². The summed E-state index contributed by atoms with van der Waals surface area (Å²) in [5.74, 6) is 1.73. The summed E-state index contributed by atoms with van der Waals surface area (Å²) in [4.78, 5) is 18.1. The van der Waals surface area contributed by atoms with Crippen molar-refractivity contribution in [2.75, 3.05) is 26.2 Å². The number of amides is 1. The van der Waals surface area contributed by atoms with E-state index < -0.39 is 0 Å². The van der Waals surface area contributed by atoms with E-state index in [2.05, 4.69) is 39.4 Å². The molecule has 4 aliphatic rings. The second-order valence-electron chi connectivity index (χ2n) is 8.57. The summed E-state index contributed by atoms with van der Waals surface area (Å²) in [5, 5.41) is 3.49. The third-order valence-corrected chi connectivity index (χ3v) is 6.96. The standard InChI is InChI=1S/C21H29N3O.2ClH/c25-21(19-10-16-5-1-2-6-17(16)11-22-19)24-13-15-9-18(14-24)20-7-3-4-8-23(20)12-15;;/h1-2,5-6,15,18-20,22H,3-4,7-14H2;2*1H/t15-,18-,19-,20+;;/m1../s1. The lowest BCUT2D eigenvalue weighted by atomic mass is 9.76. The van der Waals surface area contributed by atoms with E-state index >= 15 is 0 Å². The molecule has 150 valence electrons. The first-order chi connectivity index (χ1) is 12.3. The van der Waals surface area contributed by atoms with Crippen molar-refractivity contribution in [1.29, 1.82) is 0 Å². The SMILES string of the molecule is Cl.Cl.O=C([C@H]1Cc2ccccc2CN1)N1C[C@@H]2C[C@H](C1)[C@@H]1CCCCN1C2. The Kier molecular flexibility index (Phi) is 6.73. The summed E-state index contributed by atoms with van der Waals surface area (Å²) in [6.07, 6.45) is 6.26. The average molecular weight is 412 g/mol. The van der Waals surface area contributed by atoms with E-state index in [-0.39, 0.29) is 30.9 Å². The number of benzene rings is 1. The predicted molar refractivity (Wildman–Crippen MR) is 113 cm³/mol. The Balaban J connectivity index is 0.00000105. The van der Waals surface area contributed by atoms with Gasteiger partial charge < -0.3 is 10.2 Å². The van der Waals surface area contributed by atoms with Crippen molar-refractivity contribution in [3.8, 4) is 0 Å². The van der Waals surface area contributed by atoms with Crippen molar-refractivity contribution in [2.24, 2.45) is 11.8 Å². The summed E-state index contributed by atoms with van der Waals surface area (Å²) in [6.45, 7) is 5.27. The molecule has 6 heteroatoms. The number of hydrogen-bond donors (Lipinski definition) is 1. The third kappa shape index (κ3) is 4.00. The molecule has 4 nitrogen and oxygen atoms in total. The highest BCUT2D eigenvalue weighted by Gasteiger charge is 2.43. The zero-order valence-electron chi connectivity index (χ0n) is 15.8. The normalized spacial score (nSPS) is 32.4. The maximum atomic E-state index is 13.2. The highest BCUT2D eigenvalue weighted by molar-refractivity contribution is 5.85. The highest BCUT2D eigenvalue weighted by atomic mass is 35.5. The summed E-state index contributed by atoms with van der Waals surface area (Å²) in [5.41, 5.74) is 2.69. The molecule has 0 radical (unpaired) electrons. The second-order valence-corrected chi connectivity index (χ2v) is 8.57. The topological polar surface area (TPSA) is 35.6 Å². The minimum absolute atomic E-state index is 0. The first-order valence-electron chi connectivity index (χ1n) is 10.1. The van der Waals surface area contributed by atoms with Gasteiger partial charge in [-0.05, 0) is 55.2 Å². The molecule has 1 aromatic rings. The maximum Gasteiger partial charge on any atom is 0.240 e. The van der Waals surface area contributed by atoms with Gasteiger partial charge in [0.2, 0.25) is 5.91 Å². The number of nitrogens with one attached hydrogen (secondary N) is 1. The van der Waals surface area contributed by atoms with Gasteiger partial charge in [0.05, 0.1) is 6.04 Å². The fourth-order valence-electron chi connectivity index (χ4n) is 5.80. The van der Waals surface area contributed by atoms with Gasteiger partial charge in [-0.2, -0.15) is 0 Å². The summed E-state index contributed by atoms with van der Waals surface area (Å²) in [7, 11) is 0. The fourth-order valence-corrected chi connectivity index (χ4v) is 5.80. The van der Waals surface area contributed by atoms with Crippen LogP contribution in [0.15, 0.2) is 24.3 Å². The van der Waals surface area contributed by atoms with E-state index in [0.29, 0.717) is 17.7 Å². The molecule has 2 bridgehead atoms. The number of carbonyl (C=O) groups excluding carboxylic acids is 1. The molecule has 1 amide bonds. The van der Waals surface area contributed by atoms with E-state index in [1.165, 1.54) is 49.9 Å². The largest absolute Gasteiger partial charge is 0.341 e. The van der Waals surface area contributed by atoms with E-state index in [4.69, 9.17) is 0 Å². The van der Waals surface area contributed by atoms with E-state index in [1.54, 1.807) is 0 Å². The number of hydrogen-bond acceptors (Lipinski definition) is 3. The number of piperidine rings is 3. The minimum atomic E-state index is -0.0313. The van der Waals surface area contributed by atoms with Crippen LogP contribution in [0.1, 0.15) is 36.8 Å². The number of fused-ring (bicyclic) bond motifs is 5. The zero-order valence-corrected chi connectivity index (χ0v) is 17.4. The molecule has 4 aliphatic heterocycles. The van der Waals surface area contributed by atoms with Crippen LogP contribution >= 0.6 is 24.8 Å². The van der Waals surface area contributed by atoms with Crippen LogP contribution in [0.4, 0.5) is 0 Å². The molecule has 5 rings (SSSR count). The van der Waals surface area contributed by atoms with Crippen LogP contribution in [-0.4, -0.2) is 54.0 Å². The van der Waals surface area contributed by atoms with Gasteiger partial charge in [-0.1, -0.05) is 30.7 Å². The van der Waals surface area contributed by atoms with Crippen molar-refractivity contribution >= 4 is 30.7 Å². The molecular weight excluding hydrogens is 381 g/mol. The Morgan fingerprint density at radius 2 is 1.85 bits per heavy atom. The Morgan fingerprint density at radius 1 is 1.04 bits per heavy atom. The van der Waals surface area contributed by atoms with Crippen LogP contribution in [0.2, 0.25) is 0 Å². The number of likely N-dealkylation sites (tertiary alicyclic amines) is 1. The molecule has 1 N–H and O–H groups in total. The minimum Gasteiger partial charge on any atom is -0.341 e. The van der Waals surface area contributed by atoms with Gasteiger partial charge in [-0.15, -0.1) is 24.8 Å². The van der Waals surface area contributed by atoms with Crippen LogP contribution in [-0.2, 0) is 17.8 Å². The van der Waals surface area contributed by atoms with Crippen molar-refractivity contribution in [3.63, 3.8) is 0 Å². The van der Waals surface area contributed by atoms with Gasteiger partial charge in [-0.3, -0.25) is 9.69 Å². The molecule has 0 saturated carbocycles.